The molecule has 0 saturated heterocycles. The summed E-state index contributed by atoms with van der Waals surface area (Å²) in [5.41, 5.74) is 2.09. The maximum Gasteiger partial charge on any atom is 0.324 e. The van der Waals surface area contributed by atoms with Crippen LogP contribution in [0.4, 0.5) is 0 Å². The Morgan fingerprint density at radius 3 is 2.50 bits per heavy atom. The molecule has 0 aromatic heterocycles. The van der Waals surface area contributed by atoms with E-state index in [1.165, 1.54) is 0 Å². The Kier molecular flexibility index (Phi) is 4.13. The van der Waals surface area contributed by atoms with Crippen LogP contribution in [0.5, 0.6) is 5.75 Å². The molecule has 1 aromatic rings. The molecule has 4 heteroatoms. The predicted molar refractivity (Wildman–Crippen MR) is 65.8 cm³/mol. The fourth-order valence-electron chi connectivity index (χ4n) is 1.60. The van der Waals surface area contributed by atoms with Gasteiger partial charge in [0, 0.05) is 0 Å². The van der Waals surface area contributed by atoms with Gasteiger partial charge in [0.25, 0.3) is 0 Å². The summed E-state index contributed by atoms with van der Waals surface area (Å²) < 4.78 is 5.59. The van der Waals surface area contributed by atoms with Crippen molar-refractivity contribution >= 4 is 18.7 Å². The quantitative estimate of drug-likeness (QED) is 0.616. The highest BCUT2D eigenvalue weighted by Crippen LogP contribution is 2.18. The van der Waals surface area contributed by atoms with Crippen LogP contribution in [-0.2, 0) is 0 Å². The van der Waals surface area contributed by atoms with Gasteiger partial charge in [-0.1, -0.05) is 18.5 Å². The Morgan fingerprint density at radius 2 is 2.06 bits per heavy atom. The lowest BCUT2D eigenvalue weighted by Gasteiger charge is -2.17. The lowest BCUT2D eigenvalue weighted by molar-refractivity contribution is 0.111. The van der Waals surface area contributed by atoms with E-state index in [0.717, 1.165) is 11.8 Å². The zero-order valence-corrected chi connectivity index (χ0v) is 10.2. The Hall–Kier alpha value is -1.29. The van der Waals surface area contributed by atoms with Gasteiger partial charge in [0.2, 0.25) is 0 Å². The summed E-state index contributed by atoms with van der Waals surface area (Å²) in [6.07, 6.45) is 0.732. The second kappa shape index (κ2) is 5.17. The Morgan fingerprint density at radius 1 is 1.44 bits per heavy atom. The fourth-order valence-corrected chi connectivity index (χ4v) is 1.60. The second-order valence-corrected chi connectivity index (χ2v) is 4.23. The van der Waals surface area contributed by atoms with Crippen LogP contribution in [0, 0.1) is 6.92 Å². The Balaban J connectivity index is 3.32. The molecule has 0 aliphatic carbocycles. The highest BCUT2D eigenvalue weighted by atomic mass is 16.5. The molecular weight excluding hydrogens is 203 g/mol. The highest BCUT2D eigenvalue weighted by Gasteiger charge is 2.18. The van der Waals surface area contributed by atoms with Crippen molar-refractivity contribution in [2.45, 2.75) is 33.7 Å². The molecule has 3 nitrogen and oxygen atoms in total. The minimum absolute atomic E-state index is 0.0288. The monoisotopic (exact) mass is 220 g/mol. The maximum atomic E-state index is 11.0. The summed E-state index contributed by atoms with van der Waals surface area (Å²) in [5, 5.41) is 9.67. The zero-order valence-electron chi connectivity index (χ0n) is 10.2. The van der Waals surface area contributed by atoms with E-state index in [1.54, 1.807) is 12.9 Å². The van der Waals surface area contributed by atoms with E-state index in [9.17, 15) is 9.82 Å². The van der Waals surface area contributed by atoms with Crippen molar-refractivity contribution in [2.75, 3.05) is 0 Å². The number of aryl methyl sites for hydroxylation is 1. The zero-order chi connectivity index (χ0) is 12.3. The average Bonchev–Trinajstić information content (AvgIpc) is 2.19. The average molecular weight is 220 g/mol. The number of carbonyl (C=O) groups excluding carboxylic acids is 1. The van der Waals surface area contributed by atoms with Crippen LogP contribution in [0.15, 0.2) is 12.1 Å². The first-order chi connectivity index (χ1) is 7.45. The molecule has 0 saturated carbocycles. The van der Waals surface area contributed by atoms with Crippen molar-refractivity contribution in [3.8, 4) is 5.75 Å². The fraction of sp³-hybridized carbons (Fsp3) is 0.417. The van der Waals surface area contributed by atoms with Crippen molar-refractivity contribution in [2.24, 2.45) is 0 Å². The summed E-state index contributed by atoms with van der Waals surface area (Å²) in [6.45, 7) is 6.68. The molecular formula is C12H17BO3. The highest BCUT2D eigenvalue weighted by molar-refractivity contribution is 6.66. The van der Waals surface area contributed by atoms with Crippen molar-refractivity contribution in [1.82, 2.24) is 0 Å². The van der Waals surface area contributed by atoms with Gasteiger partial charge in [-0.25, -0.2) is 0 Å². The lowest BCUT2D eigenvalue weighted by Crippen LogP contribution is -2.30. The standard InChI is InChI=1S/C12H17BO3/c1-8(2)16-12-10(7-14)5-9(3)6-11(12)13(4)15/h5-8,15H,1-4H3. The number of aldehydes is 1. The third-order valence-corrected chi connectivity index (χ3v) is 2.22. The largest absolute Gasteiger partial charge is 0.491 e. The minimum Gasteiger partial charge on any atom is -0.491 e. The number of benzene rings is 1. The molecule has 0 radical (unpaired) electrons. The summed E-state index contributed by atoms with van der Waals surface area (Å²) >= 11 is 0. The van der Waals surface area contributed by atoms with E-state index in [-0.39, 0.29) is 6.10 Å². The van der Waals surface area contributed by atoms with Gasteiger partial charge < -0.3 is 9.76 Å². The Bertz CT molecular complexity index is 386. The van der Waals surface area contributed by atoms with Gasteiger partial charge in [-0.3, -0.25) is 4.79 Å². The third-order valence-electron chi connectivity index (χ3n) is 2.22. The number of ether oxygens (including phenoxy) is 1. The maximum absolute atomic E-state index is 11.0. The van der Waals surface area contributed by atoms with Crippen molar-refractivity contribution in [3.63, 3.8) is 0 Å². The summed E-state index contributed by atoms with van der Waals surface area (Å²) in [7, 11) is 0. The summed E-state index contributed by atoms with van der Waals surface area (Å²) in [6, 6.07) is 3.60. The van der Waals surface area contributed by atoms with E-state index >= 15 is 0 Å². The molecule has 0 fully saturated rings. The molecule has 1 N–H and O–H groups in total. The van der Waals surface area contributed by atoms with Crippen LogP contribution in [-0.4, -0.2) is 24.3 Å². The van der Waals surface area contributed by atoms with Crippen LogP contribution in [0.2, 0.25) is 6.82 Å². The molecule has 0 heterocycles. The van der Waals surface area contributed by atoms with Crippen LogP contribution >= 0.6 is 0 Å². The van der Waals surface area contributed by atoms with E-state index < -0.39 is 6.92 Å². The molecule has 0 amide bonds. The molecule has 0 unspecified atom stereocenters. The number of carbonyl (C=O) groups is 1. The normalized spacial score (nSPS) is 10.4. The number of hydrogen-bond donors (Lipinski definition) is 1. The molecule has 1 aromatic carbocycles. The Labute approximate surface area is 96.5 Å². The van der Waals surface area contributed by atoms with Crippen LogP contribution in [0.1, 0.15) is 29.8 Å². The minimum atomic E-state index is -0.646. The molecule has 1 rings (SSSR count). The van der Waals surface area contributed by atoms with E-state index in [2.05, 4.69) is 0 Å². The molecule has 16 heavy (non-hydrogen) atoms. The van der Waals surface area contributed by atoms with Crippen LogP contribution in [0.25, 0.3) is 0 Å². The molecule has 0 aliphatic heterocycles. The van der Waals surface area contributed by atoms with Crippen LogP contribution < -0.4 is 10.2 Å². The van der Waals surface area contributed by atoms with Crippen LogP contribution in [0.3, 0.4) is 0 Å². The van der Waals surface area contributed by atoms with Gasteiger partial charge in [0.05, 0.1) is 11.7 Å². The van der Waals surface area contributed by atoms with Gasteiger partial charge in [0.1, 0.15) is 5.75 Å². The van der Waals surface area contributed by atoms with Gasteiger partial charge in [-0.05, 0) is 32.3 Å². The van der Waals surface area contributed by atoms with Crippen molar-refractivity contribution in [1.29, 1.82) is 0 Å². The molecule has 86 valence electrons. The van der Waals surface area contributed by atoms with E-state index in [4.69, 9.17) is 4.74 Å². The first kappa shape index (κ1) is 12.8. The van der Waals surface area contributed by atoms with E-state index in [1.807, 2.05) is 26.8 Å². The smallest absolute Gasteiger partial charge is 0.324 e. The summed E-state index contributed by atoms with van der Waals surface area (Å²) in [4.78, 5) is 11.0. The SMILES string of the molecule is CB(O)c1cc(C)cc(C=O)c1OC(C)C. The van der Waals surface area contributed by atoms with Crippen molar-refractivity contribution < 1.29 is 14.6 Å². The molecule has 0 atom stereocenters. The van der Waals surface area contributed by atoms with Gasteiger partial charge >= 0.3 is 6.92 Å². The van der Waals surface area contributed by atoms with Gasteiger partial charge in [-0.15, -0.1) is 0 Å². The second-order valence-electron chi connectivity index (χ2n) is 4.23. The topological polar surface area (TPSA) is 46.5 Å². The lowest BCUT2D eigenvalue weighted by atomic mass is 9.63. The number of hydrogen-bond acceptors (Lipinski definition) is 3. The van der Waals surface area contributed by atoms with Crippen molar-refractivity contribution in [3.05, 3.63) is 23.3 Å². The number of rotatable bonds is 4. The molecule has 0 aliphatic rings. The molecule has 0 bridgehead atoms. The summed E-state index contributed by atoms with van der Waals surface area (Å²) in [5.74, 6) is 0.491. The third kappa shape index (κ3) is 2.86. The van der Waals surface area contributed by atoms with E-state index in [0.29, 0.717) is 16.8 Å². The first-order valence-electron chi connectivity index (χ1n) is 5.40. The predicted octanol–water partition coefficient (Wildman–Crippen LogP) is 1.42. The first-order valence-corrected chi connectivity index (χ1v) is 5.40. The van der Waals surface area contributed by atoms with Gasteiger partial charge in [-0.2, -0.15) is 0 Å². The molecule has 0 spiro atoms. The van der Waals surface area contributed by atoms with Gasteiger partial charge in [0.15, 0.2) is 6.29 Å².